The Balaban J connectivity index is 1.80. The smallest absolute Gasteiger partial charge is 0.496 e. The third kappa shape index (κ3) is 5.49. The normalized spacial score (nSPS) is 11.8. The largest absolute Gasteiger partial charge is 0.573 e. The molecule has 3 aromatic rings. The average molecular weight is 441 g/mol. The minimum absolute atomic E-state index is 0.167. The van der Waals surface area contributed by atoms with Gasteiger partial charge in [0.15, 0.2) is 5.76 Å². The quantitative estimate of drug-likeness (QED) is 0.226. The van der Waals surface area contributed by atoms with Crippen LogP contribution < -0.4 is 9.47 Å². The molecule has 0 fully saturated rings. The SMILES string of the molecule is C=C(O/N=C(/C)c1ccccc1OC(F)(F)F)c1ccc(-c2ccccc2OC)c(C)c1. The van der Waals surface area contributed by atoms with E-state index < -0.39 is 6.36 Å². The second-order valence-corrected chi connectivity index (χ2v) is 6.97. The van der Waals surface area contributed by atoms with Gasteiger partial charge >= 0.3 is 6.36 Å². The molecular weight excluding hydrogens is 419 g/mol. The lowest BCUT2D eigenvalue weighted by Gasteiger charge is -2.14. The van der Waals surface area contributed by atoms with E-state index in [1.807, 2.05) is 49.4 Å². The van der Waals surface area contributed by atoms with Gasteiger partial charge in [0.25, 0.3) is 0 Å². The van der Waals surface area contributed by atoms with E-state index in [1.54, 1.807) is 13.2 Å². The summed E-state index contributed by atoms with van der Waals surface area (Å²) in [6, 6.07) is 19.1. The Morgan fingerprint density at radius 3 is 2.22 bits per heavy atom. The van der Waals surface area contributed by atoms with E-state index in [2.05, 4.69) is 16.5 Å². The second kappa shape index (κ2) is 9.60. The van der Waals surface area contributed by atoms with Crippen LogP contribution in [0.15, 0.2) is 78.5 Å². The molecule has 0 bridgehead atoms. The number of ether oxygens (including phenoxy) is 2. The van der Waals surface area contributed by atoms with Crippen molar-refractivity contribution in [2.75, 3.05) is 7.11 Å². The number of rotatable bonds is 7. The standard InChI is InChI=1S/C25H22F3NO3/c1-16-15-19(13-14-20(16)22-10-6-7-11-23(22)30-4)18(3)32-29-17(2)21-9-5-8-12-24(21)31-25(26,27)28/h5-15H,3H2,1-2,4H3/b29-17-. The van der Waals surface area contributed by atoms with Crippen molar-refractivity contribution in [1.82, 2.24) is 0 Å². The number of alkyl halides is 3. The van der Waals surface area contributed by atoms with Crippen molar-refractivity contribution in [2.45, 2.75) is 20.2 Å². The fourth-order valence-electron chi connectivity index (χ4n) is 3.21. The van der Waals surface area contributed by atoms with Gasteiger partial charge in [0.05, 0.1) is 12.8 Å². The Hall–Kier alpha value is -3.74. The predicted molar refractivity (Wildman–Crippen MR) is 119 cm³/mol. The van der Waals surface area contributed by atoms with E-state index in [9.17, 15) is 13.2 Å². The minimum atomic E-state index is -4.80. The summed E-state index contributed by atoms with van der Waals surface area (Å²) in [6.45, 7) is 7.37. The Morgan fingerprint density at radius 1 is 0.906 bits per heavy atom. The van der Waals surface area contributed by atoms with E-state index in [-0.39, 0.29) is 22.8 Å². The molecule has 0 saturated heterocycles. The Labute approximate surface area is 184 Å². The molecule has 0 heterocycles. The van der Waals surface area contributed by atoms with Crippen molar-refractivity contribution in [3.63, 3.8) is 0 Å². The lowest BCUT2D eigenvalue weighted by atomic mass is 9.97. The molecule has 0 aromatic heterocycles. The summed E-state index contributed by atoms with van der Waals surface area (Å²) in [5, 5.41) is 3.95. The van der Waals surface area contributed by atoms with Gasteiger partial charge in [0.1, 0.15) is 11.5 Å². The van der Waals surface area contributed by atoms with Gasteiger partial charge in [-0.3, -0.25) is 0 Å². The molecular formula is C25H22F3NO3. The van der Waals surface area contributed by atoms with Gasteiger partial charge < -0.3 is 14.3 Å². The second-order valence-electron chi connectivity index (χ2n) is 6.97. The topological polar surface area (TPSA) is 40.0 Å². The summed E-state index contributed by atoms with van der Waals surface area (Å²) >= 11 is 0. The van der Waals surface area contributed by atoms with Crippen molar-refractivity contribution in [1.29, 1.82) is 0 Å². The molecule has 166 valence electrons. The first-order valence-electron chi connectivity index (χ1n) is 9.69. The summed E-state index contributed by atoms with van der Waals surface area (Å²) < 4.78 is 47.4. The number of benzene rings is 3. The molecule has 0 aliphatic rings. The highest BCUT2D eigenvalue weighted by Crippen LogP contribution is 2.33. The van der Waals surface area contributed by atoms with Crippen LogP contribution in [0, 0.1) is 6.92 Å². The third-order valence-corrected chi connectivity index (χ3v) is 4.74. The van der Waals surface area contributed by atoms with Crippen LogP contribution in [0.25, 0.3) is 16.9 Å². The highest BCUT2D eigenvalue weighted by atomic mass is 19.4. The number of para-hydroxylation sites is 2. The van der Waals surface area contributed by atoms with Crippen molar-refractivity contribution >= 4 is 11.5 Å². The fourth-order valence-corrected chi connectivity index (χ4v) is 3.21. The van der Waals surface area contributed by atoms with E-state index in [1.165, 1.54) is 25.1 Å². The molecule has 32 heavy (non-hydrogen) atoms. The number of aryl methyl sites for hydroxylation is 1. The van der Waals surface area contributed by atoms with Crippen LogP contribution in [-0.4, -0.2) is 19.2 Å². The Bertz CT molecular complexity index is 1150. The van der Waals surface area contributed by atoms with Gasteiger partial charge in [0.2, 0.25) is 0 Å². The summed E-state index contributed by atoms with van der Waals surface area (Å²) in [6.07, 6.45) is -4.80. The molecule has 0 saturated carbocycles. The molecule has 0 N–H and O–H groups in total. The zero-order valence-electron chi connectivity index (χ0n) is 17.9. The lowest BCUT2D eigenvalue weighted by Crippen LogP contribution is -2.18. The van der Waals surface area contributed by atoms with Gasteiger partial charge in [-0.2, -0.15) is 0 Å². The van der Waals surface area contributed by atoms with Gasteiger partial charge in [-0.15, -0.1) is 13.2 Å². The zero-order chi connectivity index (χ0) is 23.3. The van der Waals surface area contributed by atoms with E-state index in [4.69, 9.17) is 9.57 Å². The number of hydrogen-bond acceptors (Lipinski definition) is 4. The van der Waals surface area contributed by atoms with Crippen LogP contribution in [-0.2, 0) is 4.84 Å². The molecule has 0 aliphatic carbocycles. The molecule has 7 heteroatoms. The highest BCUT2D eigenvalue weighted by Gasteiger charge is 2.32. The molecule has 0 amide bonds. The molecule has 3 rings (SSSR count). The number of halogens is 3. The van der Waals surface area contributed by atoms with Crippen LogP contribution in [0.4, 0.5) is 13.2 Å². The maximum atomic E-state index is 12.6. The summed E-state index contributed by atoms with van der Waals surface area (Å²) in [5.74, 6) is 0.666. The van der Waals surface area contributed by atoms with Crippen molar-refractivity contribution in [2.24, 2.45) is 5.16 Å². The lowest BCUT2D eigenvalue weighted by molar-refractivity contribution is -0.274. The average Bonchev–Trinajstić information content (AvgIpc) is 2.76. The van der Waals surface area contributed by atoms with Gasteiger partial charge in [-0.05, 0) is 49.2 Å². The molecule has 0 aliphatic heterocycles. The van der Waals surface area contributed by atoms with E-state index in [0.717, 1.165) is 22.4 Å². The van der Waals surface area contributed by atoms with Crippen LogP contribution >= 0.6 is 0 Å². The third-order valence-electron chi connectivity index (χ3n) is 4.74. The van der Waals surface area contributed by atoms with Gasteiger partial charge in [-0.25, -0.2) is 0 Å². The molecule has 0 radical (unpaired) electrons. The molecule has 0 unspecified atom stereocenters. The number of hydrogen-bond donors (Lipinski definition) is 0. The maximum Gasteiger partial charge on any atom is 0.573 e. The van der Waals surface area contributed by atoms with Gasteiger partial charge in [-0.1, -0.05) is 54.2 Å². The van der Waals surface area contributed by atoms with Crippen LogP contribution in [0.2, 0.25) is 0 Å². The first kappa shape index (κ1) is 22.9. The fraction of sp³-hybridized carbons (Fsp3) is 0.160. The van der Waals surface area contributed by atoms with Crippen molar-refractivity contribution in [3.8, 4) is 22.6 Å². The minimum Gasteiger partial charge on any atom is -0.496 e. The predicted octanol–water partition coefficient (Wildman–Crippen LogP) is 6.98. The summed E-state index contributed by atoms with van der Waals surface area (Å²) in [4.78, 5) is 5.41. The first-order chi connectivity index (χ1) is 15.2. The molecule has 4 nitrogen and oxygen atoms in total. The van der Waals surface area contributed by atoms with Crippen LogP contribution in [0.1, 0.15) is 23.6 Å². The van der Waals surface area contributed by atoms with E-state index in [0.29, 0.717) is 5.56 Å². The monoisotopic (exact) mass is 441 g/mol. The first-order valence-corrected chi connectivity index (χ1v) is 9.69. The Morgan fingerprint density at radius 2 is 1.56 bits per heavy atom. The Kier molecular flexibility index (Phi) is 6.88. The number of methoxy groups -OCH3 is 1. The number of oxime groups is 1. The maximum absolute atomic E-state index is 12.6. The van der Waals surface area contributed by atoms with Crippen molar-refractivity contribution in [3.05, 3.63) is 90.0 Å². The van der Waals surface area contributed by atoms with Crippen LogP contribution in [0.3, 0.4) is 0 Å². The van der Waals surface area contributed by atoms with E-state index >= 15 is 0 Å². The highest BCUT2D eigenvalue weighted by molar-refractivity contribution is 6.00. The zero-order valence-corrected chi connectivity index (χ0v) is 17.9. The molecule has 0 atom stereocenters. The molecule has 3 aromatic carbocycles. The molecule has 0 spiro atoms. The van der Waals surface area contributed by atoms with Crippen LogP contribution in [0.5, 0.6) is 11.5 Å². The summed E-state index contributed by atoms with van der Waals surface area (Å²) in [5.41, 5.74) is 4.00. The number of nitrogens with zero attached hydrogens (tertiary/aromatic N) is 1. The van der Waals surface area contributed by atoms with Gasteiger partial charge in [0, 0.05) is 16.7 Å². The summed E-state index contributed by atoms with van der Waals surface area (Å²) in [7, 11) is 1.62. The van der Waals surface area contributed by atoms with Crippen molar-refractivity contribution < 1.29 is 27.5 Å².